The van der Waals surface area contributed by atoms with Crippen LogP contribution in [0, 0.1) is 0 Å². The molecule has 1 aliphatic rings. The van der Waals surface area contributed by atoms with Crippen molar-refractivity contribution in [2.24, 2.45) is 0 Å². The number of nitrogens with one attached hydrogen (secondary N) is 1. The van der Waals surface area contributed by atoms with Gasteiger partial charge in [-0.1, -0.05) is 48.0 Å². The van der Waals surface area contributed by atoms with Gasteiger partial charge in [0.25, 0.3) is 5.91 Å². The summed E-state index contributed by atoms with van der Waals surface area (Å²) in [5, 5.41) is 19.8. The molecular weight excluding hydrogens is 364 g/mol. The Hall–Kier alpha value is -2.18. The summed E-state index contributed by atoms with van der Waals surface area (Å²) in [5.41, 5.74) is 4.51. The fourth-order valence-corrected chi connectivity index (χ4v) is 3.60. The Labute approximate surface area is 163 Å². The molecule has 27 heavy (non-hydrogen) atoms. The third kappa shape index (κ3) is 5.17. The van der Waals surface area contributed by atoms with Gasteiger partial charge in [0.1, 0.15) is 0 Å². The standard InChI is InChI=1S/C21H23ClN2O3/c22-18-10-8-17(9-11-18)20(25)14-24-13-1-2-19(24)16-6-3-15(4-7-16)5-12-21(26)23-27/h3-12,19-20,25,27H,1-2,13-14H2,(H,23,26)/b12-5+. The van der Waals surface area contributed by atoms with Crippen molar-refractivity contribution < 1.29 is 15.1 Å². The lowest BCUT2D eigenvalue weighted by atomic mass is 10.0. The average Bonchev–Trinajstić information content (AvgIpc) is 3.15. The number of carbonyl (C=O) groups is 1. The van der Waals surface area contributed by atoms with Crippen molar-refractivity contribution >= 4 is 23.6 Å². The molecule has 3 rings (SSSR count). The molecule has 1 aliphatic heterocycles. The number of nitrogens with zero attached hydrogens (tertiary/aromatic N) is 1. The Kier molecular flexibility index (Phi) is 6.63. The quantitative estimate of drug-likeness (QED) is 0.402. The molecule has 1 amide bonds. The molecule has 0 spiro atoms. The predicted molar refractivity (Wildman–Crippen MR) is 105 cm³/mol. The van der Waals surface area contributed by atoms with Gasteiger partial charge in [-0.05, 0) is 54.3 Å². The maximum Gasteiger partial charge on any atom is 0.267 e. The summed E-state index contributed by atoms with van der Waals surface area (Å²) in [6, 6.07) is 15.6. The lowest BCUT2D eigenvalue weighted by molar-refractivity contribution is -0.124. The zero-order valence-corrected chi connectivity index (χ0v) is 15.6. The van der Waals surface area contributed by atoms with Crippen molar-refractivity contribution in [1.82, 2.24) is 10.4 Å². The summed E-state index contributed by atoms with van der Waals surface area (Å²) in [5.74, 6) is -0.558. The lowest BCUT2D eigenvalue weighted by Gasteiger charge is -2.27. The molecule has 1 heterocycles. The average molecular weight is 387 g/mol. The van der Waals surface area contributed by atoms with Gasteiger partial charge in [-0.3, -0.25) is 14.9 Å². The van der Waals surface area contributed by atoms with E-state index in [2.05, 4.69) is 4.90 Å². The molecule has 0 saturated carbocycles. The summed E-state index contributed by atoms with van der Waals surface area (Å²) >= 11 is 5.92. The van der Waals surface area contributed by atoms with Crippen LogP contribution in [0.3, 0.4) is 0 Å². The van der Waals surface area contributed by atoms with Gasteiger partial charge in [0, 0.05) is 23.7 Å². The molecule has 0 radical (unpaired) electrons. The van der Waals surface area contributed by atoms with Crippen molar-refractivity contribution in [1.29, 1.82) is 0 Å². The summed E-state index contributed by atoms with van der Waals surface area (Å²) in [6.07, 6.45) is 4.51. The van der Waals surface area contributed by atoms with Gasteiger partial charge < -0.3 is 5.11 Å². The smallest absolute Gasteiger partial charge is 0.267 e. The van der Waals surface area contributed by atoms with E-state index in [0.717, 1.165) is 30.5 Å². The second-order valence-corrected chi connectivity index (χ2v) is 7.13. The molecule has 142 valence electrons. The van der Waals surface area contributed by atoms with Gasteiger partial charge >= 0.3 is 0 Å². The largest absolute Gasteiger partial charge is 0.387 e. The molecule has 2 aromatic carbocycles. The van der Waals surface area contributed by atoms with Crippen molar-refractivity contribution in [3.63, 3.8) is 0 Å². The van der Waals surface area contributed by atoms with E-state index in [9.17, 15) is 9.90 Å². The fourth-order valence-electron chi connectivity index (χ4n) is 3.47. The minimum Gasteiger partial charge on any atom is -0.387 e. The molecule has 2 unspecified atom stereocenters. The van der Waals surface area contributed by atoms with Crippen molar-refractivity contribution in [3.05, 3.63) is 76.3 Å². The molecule has 6 heteroatoms. The van der Waals surface area contributed by atoms with E-state index in [4.69, 9.17) is 16.8 Å². The molecule has 3 N–H and O–H groups in total. The lowest BCUT2D eigenvalue weighted by Crippen LogP contribution is -2.28. The molecule has 0 aromatic heterocycles. The first-order chi connectivity index (χ1) is 13.1. The number of hydrogen-bond acceptors (Lipinski definition) is 4. The molecule has 0 aliphatic carbocycles. The second-order valence-electron chi connectivity index (χ2n) is 6.70. The van der Waals surface area contributed by atoms with Crippen LogP contribution in [-0.2, 0) is 4.79 Å². The zero-order valence-electron chi connectivity index (χ0n) is 14.9. The van der Waals surface area contributed by atoms with Crippen LogP contribution in [0.25, 0.3) is 6.08 Å². The van der Waals surface area contributed by atoms with Crippen molar-refractivity contribution in [3.8, 4) is 0 Å². The number of β-amino-alcohol motifs (C(OH)–C–C–N with tert-alkyl or cyclic N) is 1. The van der Waals surface area contributed by atoms with E-state index < -0.39 is 12.0 Å². The van der Waals surface area contributed by atoms with Crippen molar-refractivity contribution in [2.45, 2.75) is 25.0 Å². The third-order valence-corrected chi connectivity index (χ3v) is 5.14. The number of halogens is 1. The highest BCUT2D eigenvalue weighted by Crippen LogP contribution is 2.33. The first kappa shape index (κ1) is 19.6. The van der Waals surface area contributed by atoms with Crippen LogP contribution in [0.5, 0.6) is 0 Å². The first-order valence-corrected chi connectivity index (χ1v) is 9.34. The molecule has 1 fully saturated rings. The SMILES string of the molecule is O=C(/C=C/c1ccc(C2CCCN2CC(O)c2ccc(Cl)cc2)cc1)NO. The van der Waals surface area contributed by atoms with Crippen LogP contribution >= 0.6 is 11.6 Å². The summed E-state index contributed by atoms with van der Waals surface area (Å²) in [4.78, 5) is 13.4. The van der Waals surface area contributed by atoms with Gasteiger partial charge in [-0.2, -0.15) is 0 Å². The van der Waals surface area contributed by atoms with E-state index in [1.54, 1.807) is 23.7 Å². The Morgan fingerprint density at radius 1 is 1.22 bits per heavy atom. The molecular formula is C21H23ClN2O3. The van der Waals surface area contributed by atoms with E-state index in [-0.39, 0.29) is 6.04 Å². The number of aliphatic hydroxyl groups excluding tert-OH is 1. The third-order valence-electron chi connectivity index (χ3n) is 4.88. The molecule has 2 aromatic rings. The van der Waals surface area contributed by atoms with E-state index in [1.165, 1.54) is 11.6 Å². The number of rotatable bonds is 6. The van der Waals surface area contributed by atoms with Crippen LogP contribution in [0.2, 0.25) is 5.02 Å². The highest BCUT2D eigenvalue weighted by Gasteiger charge is 2.27. The number of amides is 1. The second kappa shape index (κ2) is 9.15. The van der Waals surface area contributed by atoms with E-state index in [1.807, 2.05) is 36.4 Å². The number of hydrogen-bond donors (Lipinski definition) is 3. The van der Waals surface area contributed by atoms with Gasteiger partial charge in [0.15, 0.2) is 0 Å². The highest BCUT2D eigenvalue weighted by atomic mass is 35.5. The first-order valence-electron chi connectivity index (χ1n) is 8.96. The normalized spacial score (nSPS) is 18.7. The van der Waals surface area contributed by atoms with Gasteiger partial charge in [0.05, 0.1) is 6.10 Å². The molecule has 0 bridgehead atoms. The molecule has 5 nitrogen and oxygen atoms in total. The van der Waals surface area contributed by atoms with E-state index >= 15 is 0 Å². The Balaban J connectivity index is 1.66. The van der Waals surface area contributed by atoms with Gasteiger partial charge in [0.2, 0.25) is 0 Å². The maximum atomic E-state index is 11.1. The number of aliphatic hydroxyl groups is 1. The molecule has 2 atom stereocenters. The number of likely N-dealkylation sites (tertiary alicyclic amines) is 1. The predicted octanol–water partition coefficient (Wildman–Crippen LogP) is 3.73. The van der Waals surface area contributed by atoms with Crippen LogP contribution < -0.4 is 5.48 Å². The van der Waals surface area contributed by atoms with Crippen LogP contribution in [0.15, 0.2) is 54.6 Å². The maximum absolute atomic E-state index is 11.1. The van der Waals surface area contributed by atoms with Crippen LogP contribution in [0.1, 0.15) is 41.7 Å². The number of carbonyl (C=O) groups excluding carboxylic acids is 1. The summed E-state index contributed by atoms with van der Waals surface area (Å²) < 4.78 is 0. The zero-order chi connectivity index (χ0) is 19.2. The monoisotopic (exact) mass is 386 g/mol. The van der Waals surface area contributed by atoms with Gasteiger partial charge in [-0.25, -0.2) is 5.48 Å². The van der Waals surface area contributed by atoms with Crippen LogP contribution in [0.4, 0.5) is 0 Å². The Morgan fingerprint density at radius 2 is 1.93 bits per heavy atom. The Bertz CT molecular complexity index is 790. The molecule has 1 saturated heterocycles. The summed E-state index contributed by atoms with van der Waals surface area (Å²) in [7, 11) is 0. The van der Waals surface area contributed by atoms with Crippen LogP contribution in [-0.4, -0.2) is 34.2 Å². The minimum atomic E-state index is -0.558. The Morgan fingerprint density at radius 3 is 2.59 bits per heavy atom. The fraction of sp³-hybridized carbons (Fsp3) is 0.286. The summed E-state index contributed by atoms with van der Waals surface area (Å²) in [6.45, 7) is 1.53. The van der Waals surface area contributed by atoms with Crippen molar-refractivity contribution in [2.75, 3.05) is 13.1 Å². The number of hydroxylamine groups is 1. The highest BCUT2D eigenvalue weighted by molar-refractivity contribution is 6.30. The van der Waals surface area contributed by atoms with Gasteiger partial charge in [-0.15, -0.1) is 0 Å². The van der Waals surface area contributed by atoms with E-state index in [0.29, 0.717) is 11.6 Å². The number of benzene rings is 2. The minimum absolute atomic E-state index is 0.269. The topological polar surface area (TPSA) is 72.8 Å².